The average Bonchev–Trinajstić information content (AvgIpc) is 2.70. The maximum absolute atomic E-state index is 11.4. The zero-order valence-electron chi connectivity index (χ0n) is 8.54. The number of carbonyl (C=O) groups excluding carboxylic acids is 1. The third-order valence-corrected chi connectivity index (χ3v) is 3.32. The van der Waals surface area contributed by atoms with Crippen molar-refractivity contribution in [3.8, 4) is 0 Å². The number of nitrogens with two attached hydrogens (primary N) is 1. The Labute approximate surface area is 84.8 Å². The molecule has 4 nitrogen and oxygen atoms in total. The fraction of sp³-hybridized carbons (Fsp3) is 0.900. The van der Waals surface area contributed by atoms with Crippen LogP contribution in [0, 0.1) is 0 Å². The minimum Gasteiger partial charge on any atom is -0.352 e. The molecule has 0 aromatic heterocycles. The van der Waals surface area contributed by atoms with Crippen molar-refractivity contribution < 1.29 is 4.79 Å². The lowest BCUT2D eigenvalue weighted by atomic mass is 10.1. The Morgan fingerprint density at radius 2 is 2.29 bits per heavy atom. The fourth-order valence-electron chi connectivity index (χ4n) is 2.66. The molecule has 2 saturated heterocycles. The molecule has 2 atom stereocenters. The van der Waals surface area contributed by atoms with Crippen molar-refractivity contribution in [1.82, 2.24) is 10.2 Å². The van der Waals surface area contributed by atoms with Crippen molar-refractivity contribution in [2.45, 2.75) is 37.8 Å². The molecule has 2 aliphatic rings. The third-order valence-electron chi connectivity index (χ3n) is 3.32. The van der Waals surface area contributed by atoms with Gasteiger partial charge in [-0.1, -0.05) is 0 Å². The van der Waals surface area contributed by atoms with Gasteiger partial charge in [0.2, 0.25) is 5.91 Å². The van der Waals surface area contributed by atoms with Gasteiger partial charge in [-0.25, -0.2) is 0 Å². The quantitative estimate of drug-likeness (QED) is 0.652. The molecular weight excluding hydrogens is 178 g/mol. The van der Waals surface area contributed by atoms with E-state index < -0.39 is 0 Å². The first kappa shape index (κ1) is 9.93. The molecule has 2 fully saturated rings. The number of nitrogens with zero attached hydrogens (tertiary/aromatic N) is 1. The minimum atomic E-state index is 0.117. The molecule has 0 aromatic rings. The Morgan fingerprint density at radius 3 is 3.07 bits per heavy atom. The monoisotopic (exact) mass is 197 g/mol. The summed E-state index contributed by atoms with van der Waals surface area (Å²) in [4.78, 5) is 13.9. The van der Waals surface area contributed by atoms with Gasteiger partial charge in [-0.3, -0.25) is 9.69 Å². The maximum atomic E-state index is 11.4. The van der Waals surface area contributed by atoms with Crippen LogP contribution in [0.2, 0.25) is 0 Å². The van der Waals surface area contributed by atoms with Gasteiger partial charge in [-0.05, 0) is 25.8 Å². The second-order valence-electron chi connectivity index (χ2n) is 4.25. The Bertz CT molecular complexity index is 219. The van der Waals surface area contributed by atoms with Gasteiger partial charge < -0.3 is 11.1 Å². The highest BCUT2D eigenvalue weighted by molar-refractivity contribution is 5.76. The second-order valence-corrected chi connectivity index (χ2v) is 4.25. The minimum absolute atomic E-state index is 0.117. The van der Waals surface area contributed by atoms with E-state index in [0.29, 0.717) is 25.0 Å². The smallest absolute Gasteiger partial charge is 0.221 e. The number of amides is 1. The standard InChI is InChI=1S/C10H19N3O/c11-5-3-10(14)12-8-4-7-13-6-1-2-9(8)13/h8-9H,1-7,11H2,(H,12,14). The van der Waals surface area contributed by atoms with Crippen molar-refractivity contribution in [3.05, 3.63) is 0 Å². The Kier molecular flexibility index (Phi) is 3.03. The maximum Gasteiger partial charge on any atom is 0.221 e. The lowest BCUT2D eigenvalue weighted by molar-refractivity contribution is -0.121. The summed E-state index contributed by atoms with van der Waals surface area (Å²) in [5.41, 5.74) is 5.34. The number of fused-ring (bicyclic) bond motifs is 1. The normalized spacial score (nSPS) is 31.8. The van der Waals surface area contributed by atoms with Gasteiger partial charge in [0.25, 0.3) is 0 Å². The SMILES string of the molecule is NCCC(=O)NC1CCN2CCCC12. The highest BCUT2D eigenvalue weighted by atomic mass is 16.1. The molecule has 4 heteroatoms. The van der Waals surface area contributed by atoms with Crippen LogP contribution in [0.1, 0.15) is 25.7 Å². The van der Waals surface area contributed by atoms with Crippen LogP contribution >= 0.6 is 0 Å². The number of carbonyl (C=O) groups is 1. The van der Waals surface area contributed by atoms with E-state index in [-0.39, 0.29) is 5.91 Å². The second kappa shape index (κ2) is 4.28. The Hall–Kier alpha value is -0.610. The average molecular weight is 197 g/mol. The van der Waals surface area contributed by atoms with Crippen LogP contribution in [-0.4, -0.2) is 42.5 Å². The van der Waals surface area contributed by atoms with Crippen molar-refractivity contribution in [3.63, 3.8) is 0 Å². The molecule has 0 radical (unpaired) electrons. The van der Waals surface area contributed by atoms with E-state index in [1.54, 1.807) is 0 Å². The first-order chi connectivity index (χ1) is 6.81. The molecule has 0 spiro atoms. The summed E-state index contributed by atoms with van der Waals surface area (Å²) in [5.74, 6) is 0.117. The largest absolute Gasteiger partial charge is 0.352 e. The lowest BCUT2D eigenvalue weighted by Crippen LogP contribution is -2.42. The number of rotatable bonds is 3. The third kappa shape index (κ3) is 1.91. The van der Waals surface area contributed by atoms with Gasteiger partial charge in [-0.15, -0.1) is 0 Å². The van der Waals surface area contributed by atoms with E-state index in [0.717, 1.165) is 13.0 Å². The van der Waals surface area contributed by atoms with Crippen LogP contribution in [0.25, 0.3) is 0 Å². The van der Waals surface area contributed by atoms with Gasteiger partial charge in [-0.2, -0.15) is 0 Å². The molecule has 2 aliphatic heterocycles. The van der Waals surface area contributed by atoms with Gasteiger partial charge in [0, 0.05) is 31.6 Å². The van der Waals surface area contributed by atoms with E-state index >= 15 is 0 Å². The van der Waals surface area contributed by atoms with Crippen LogP contribution in [0.4, 0.5) is 0 Å². The predicted octanol–water partition coefficient (Wildman–Crippen LogP) is -0.312. The van der Waals surface area contributed by atoms with E-state index in [1.807, 2.05) is 0 Å². The molecular formula is C10H19N3O. The van der Waals surface area contributed by atoms with Crippen molar-refractivity contribution in [2.75, 3.05) is 19.6 Å². The van der Waals surface area contributed by atoms with Crippen LogP contribution in [-0.2, 0) is 4.79 Å². The summed E-state index contributed by atoms with van der Waals surface area (Å²) in [6, 6.07) is 0.994. The number of hydrogen-bond acceptors (Lipinski definition) is 3. The molecule has 2 rings (SSSR count). The van der Waals surface area contributed by atoms with Gasteiger partial charge >= 0.3 is 0 Å². The van der Waals surface area contributed by atoms with Crippen LogP contribution in [0.3, 0.4) is 0 Å². The van der Waals surface area contributed by atoms with Crippen molar-refractivity contribution >= 4 is 5.91 Å². The van der Waals surface area contributed by atoms with Crippen molar-refractivity contribution in [2.24, 2.45) is 5.73 Å². The molecule has 2 heterocycles. The molecule has 0 aromatic carbocycles. The van der Waals surface area contributed by atoms with Crippen LogP contribution in [0.15, 0.2) is 0 Å². The molecule has 1 amide bonds. The highest BCUT2D eigenvalue weighted by Gasteiger charge is 2.37. The van der Waals surface area contributed by atoms with Gasteiger partial charge in [0.15, 0.2) is 0 Å². The lowest BCUT2D eigenvalue weighted by Gasteiger charge is -2.21. The van der Waals surface area contributed by atoms with E-state index in [4.69, 9.17) is 5.73 Å². The summed E-state index contributed by atoms with van der Waals surface area (Å²) in [7, 11) is 0. The molecule has 0 saturated carbocycles. The van der Waals surface area contributed by atoms with E-state index in [1.165, 1.54) is 19.4 Å². The van der Waals surface area contributed by atoms with Crippen LogP contribution < -0.4 is 11.1 Å². The molecule has 2 unspecified atom stereocenters. The summed E-state index contributed by atoms with van der Waals surface area (Å²) in [6.07, 6.45) is 4.10. The van der Waals surface area contributed by atoms with E-state index in [2.05, 4.69) is 10.2 Å². The first-order valence-electron chi connectivity index (χ1n) is 5.55. The Balaban J connectivity index is 1.83. The fourth-order valence-corrected chi connectivity index (χ4v) is 2.66. The van der Waals surface area contributed by atoms with Gasteiger partial charge in [0.05, 0.1) is 0 Å². The summed E-state index contributed by atoms with van der Waals surface area (Å²) in [6.45, 7) is 2.82. The number of nitrogens with one attached hydrogen (secondary N) is 1. The molecule has 3 N–H and O–H groups in total. The zero-order chi connectivity index (χ0) is 9.97. The van der Waals surface area contributed by atoms with Crippen molar-refractivity contribution in [1.29, 1.82) is 0 Å². The van der Waals surface area contributed by atoms with Crippen LogP contribution in [0.5, 0.6) is 0 Å². The summed E-state index contributed by atoms with van der Waals surface area (Å²) in [5, 5.41) is 3.09. The zero-order valence-corrected chi connectivity index (χ0v) is 8.54. The molecule has 14 heavy (non-hydrogen) atoms. The first-order valence-corrected chi connectivity index (χ1v) is 5.55. The van der Waals surface area contributed by atoms with E-state index in [9.17, 15) is 4.79 Å². The number of hydrogen-bond donors (Lipinski definition) is 2. The highest BCUT2D eigenvalue weighted by Crippen LogP contribution is 2.27. The summed E-state index contributed by atoms with van der Waals surface area (Å²) < 4.78 is 0. The van der Waals surface area contributed by atoms with Gasteiger partial charge in [0.1, 0.15) is 0 Å². The molecule has 0 bridgehead atoms. The Morgan fingerprint density at radius 1 is 1.43 bits per heavy atom. The summed E-state index contributed by atoms with van der Waals surface area (Å²) >= 11 is 0. The predicted molar refractivity (Wildman–Crippen MR) is 54.8 cm³/mol. The topological polar surface area (TPSA) is 58.4 Å². The molecule has 0 aliphatic carbocycles. The molecule has 80 valence electrons.